The SMILES string of the molecule is Cn1cc(C(=O)Nc2cccc(O)c2)c2ccccc2c1=O. The van der Waals surface area contributed by atoms with Gasteiger partial charge in [-0.25, -0.2) is 0 Å². The van der Waals surface area contributed by atoms with Crippen LogP contribution in [0.4, 0.5) is 5.69 Å². The molecule has 5 heteroatoms. The summed E-state index contributed by atoms with van der Waals surface area (Å²) in [7, 11) is 1.61. The fraction of sp³-hybridized carbons (Fsp3) is 0.0588. The van der Waals surface area contributed by atoms with Crippen LogP contribution in [0, 0.1) is 0 Å². The number of aromatic hydroxyl groups is 1. The topological polar surface area (TPSA) is 71.3 Å². The Bertz CT molecular complexity index is 929. The van der Waals surface area contributed by atoms with Crippen molar-refractivity contribution in [2.45, 2.75) is 0 Å². The highest BCUT2D eigenvalue weighted by atomic mass is 16.3. The number of anilines is 1. The number of aryl methyl sites for hydroxylation is 1. The van der Waals surface area contributed by atoms with Crippen LogP contribution in [0.1, 0.15) is 10.4 Å². The summed E-state index contributed by atoms with van der Waals surface area (Å²) in [6.45, 7) is 0. The van der Waals surface area contributed by atoms with Gasteiger partial charge in [0.05, 0.1) is 5.56 Å². The number of benzene rings is 2. The third kappa shape index (κ3) is 2.44. The molecule has 0 unspecified atom stereocenters. The van der Waals surface area contributed by atoms with Gasteiger partial charge in [-0.05, 0) is 18.2 Å². The maximum absolute atomic E-state index is 12.5. The molecule has 0 aliphatic heterocycles. The zero-order valence-electron chi connectivity index (χ0n) is 11.9. The molecule has 2 aromatic carbocycles. The van der Waals surface area contributed by atoms with E-state index in [9.17, 15) is 14.7 Å². The highest BCUT2D eigenvalue weighted by Crippen LogP contribution is 2.19. The van der Waals surface area contributed by atoms with Gasteiger partial charge in [0.1, 0.15) is 5.75 Å². The van der Waals surface area contributed by atoms with E-state index < -0.39 is 0 Å². The molecule has 1 amide bonds. The molecule has 1 aromatic heterocycles. The molecular formula is C17H14N2O3. The van der Waals surface area contributed by atoms with Crippen molar-refractivity contribution < 1.29 is 9.90 Å². The lowest BCUT2D eigenvalue weighted by Crippen LogP contribution is -2.21. The molecule has 0 aliphatic rings. The molecule has 22 heavy (non-hydrogen) atoms. The molecule has 0 atom stereocenters. The number of phenols is 1. The number of nitrogens with zero attached hydrogens (tertiary/aromatic N) is 1. The van der Waals surface area contributed by atoms with Crippen LogP contribution < -0.4 is 10.9 Å². The van der Waals surface area contributed by atoms with Gasteiger partial charge in [-0.2, -0.15) is 0 Å². The molecule has 0 saturated heterocycles. The number of carbonyl (C=O) groups excluding carboxylic acids is 1. The molecule has 0 aliphatic carbocycles. The second kappa shape index (κ2) is 5.37. The molecule has 2 N–H and O–H groups in total. The number of fused-ring (bicyclic) bond motifs is 1. The number of phenolic OH excluding ortho intramolecular Hbond substituents is 1. The Labute approximate surface area is 126 Å². The summed E-state index contributed by atoms with van der Waals surface area (Å²) in [4.78, 5) is 24.6. The smallest absolute Gasteiger partial charge is 0.258 e. The van der Waals surface area contributed by atoms with E-state index in [2.05, 4.69) is 5.32 Å². The normalized spacial score (nSPS) is 10.6. The quantitative estimate of drug-likeness (QED) is 0.763. The van der Waals surface area contributed by atoms with E-state index in [0.29, 0.717) is 22.0 Å². The lowest BCUT2D eigenvalue weighted by molar-refractivity contribution is 0.102. The van der Waals surface area contributed by atoms with Crippen molar-refractivity contribution in [3.8, 4) is 5.75 Å². The van der Waals surface area contributed by atoms with Crippen LogP contribution in [0.5, 0.6) is 5.75 Å². The third-order valence-corrected chi connectivity index (χ3v) is 3.44. The molecule has 110 valence electrons. The van der Waals surface area contributed by atoms with Crippen LogP contribution in [0.3, 0.4) is 0 Å². The molecule has 1 heterocycles. The van der Waals surface area contributed by atoms with E-state index in [4.69, 9.17) is 0 Å². The number of nitrogens with one attached hydrogen (secondary N) is 1. The molecule has 0 radical (unpaired) electrons. The van der Waals surface area contributed by atoms with Gasteiger partial charge in [-0.15, -0.1) is 0 Å². The summed E-state index contributed by atoms with van der Waals surface area (Å²) >= 11 is 0. The van der Waals surface area contributed by atoms with Crippen LogP contribution in [-0.2, 0) is 7.05 Å². The Balaban J connectivity index is 2.08. The number of hydrogen-bond acceptors (Lipinski definition) is 3. The molecular weight excluding hydrogens is 280 g/mol. The van der Waals surface area contributed by atoms with Gasteiger partial charge in [0.25, 0.3) is 11.5 Å². The Morgan fingerprint density at radius 1 is 1.09 bits per heavy atom. The number of hydrogen-bond donors (Lipinski definition) is 2. The molecule has 0 fully saturated rings. The lowest BCUT2D eigenvalue weighted by Gasteiger charge is -2.10. The van der Waals surface area contributed by atoms with E-state index in [-0.39, 0.29) is 17.2 Å². The van der Waals surface area contributed by atoms with E-state index in [1.165, 1.54) is 22.9 Å². The summed E-state index contributed by atoms with van der Waals surface area (Å²) in [6, 6.07) is 13.3. The van der Waals surface area contributed by atoms with Crippen LogP contribution >= 0.6 is 0 Å². The fourth-order valence-corrected chi connectivity index (χ4v) is 2.38. The number of pyridine rings is 1. The van der Waals surface area contributed by atoms with Crippen LogP contribution in [-0.4, -0.2) is 15.6 Å². The summed E-state index contributed by atoms with van der Waals surface area (Å²) in [6.07, 6.45) is 1.52. The van der Waals surface area contributed by atoms with Gasteiger partial charge in [0, 0.05) is 35.8 Å². The van der Waals surface area contributed by atoms with Gasteiger partial charge >= 0.3 is 0 Å². The van der Waals surface area contributed by atoms with Gasteiger partial charge in [0.2, 0.25) is 0 Å². The number of rotatable bonds is 2. The Morgan fingerprint density at radius 2 is 1.82 bits per heavy atom. The Kier molecular flexibility index (Phi) is 3.39. The standard InChI is InChI=1S/C17H14N2O3/c1-19-10-15(13-7-2-3-8-14(13)17(19)22)16(21)18-11-5-4-6-12(20)9-11/h2-10,20H,1H3,(H,18,21). The predicted molar refractivity (Wildman–Crippen MR) is 85.2 cm³/mol. The summed E-state index contributed by atoms with van der Waals surface area (Å²) in [5.41, 5.74) is 0.744. The first kappa shape index (κ1) is 13.9. The minimum atomic E-state index is -0.336. The van der Waals surface area contributed by atoms with Gasteiger partial charge in [-0.3, -0.25) is 9.59 Å². The summed E-state index contributed by atoms with van der Waals surface area (Å²) in [5.74, 6) is -0.263. The Morgan fingerprint density at radius 3 is 2.55 bits per heavy atom. The van der Waals surface area contributed by atoms with Crippen LogP contribution in [0.15, 0.2) is 59.5 Å². The first-order valence-corrected chi connectivity index (χ1v) is 6.75. The van der Waals surface area contributed by atoms with E-state index in [1.54, 1.807) is 43.4 Å². The highest BCUT2D eigenvalue weighted by molar-refractivity contribution is 6.12. The maximum atomic E-state index is 12.5. The second-order valence-electron chi connectivity index (χ2n) is 5.01. The third-order valence-electron chi connectivity index (χ3n) is 3.44. The molecule has 0 spiro atoms. The predicted octanol–water partition coefficient (Wildman–Crippen LogP) is 2.50. The average molecular weight is 294 g/mol. The number of amides is 1. The lowest BCUT2D eigenvalue weighted by atomic mass is 10.1. The number of aromatic nitrogens is 1. The van der Waals surface area contributed by atoms with Gasteiger partial charge < -0.3 is 15.0 Å². The zero-order valence-corrected chi connectivity index (χ0v) is 11.9. The molecule has 0 bridgehead atoms. The van der Waals surface area contributed by atoms with Crippen LogP contribution in [0.2, 0.25) is 0 Å². The first-order chi connectivity index (χ1) is 10.6. The zero-order chi connectivity index (χ0) is 15.7. The van der Waals surface area contributed by atoms with E-state index in [1.807, 2.05) is 0 Å². The highest BCUT2D eigenvalue weighted by Gasteiger charge is 2.13. The number of carbonyl (C=O) groups is 1. The molecule has 0 saturated carbocycles. The van der Waals surface area contributed by atoms with Gasteiger partial charge in [-0.1, -0.05) is 24.3 Å². The van der Waals surface area contributed by atoms with Crippen molar-refractivity contribution in [3.05, 3.63) is 70.6 Å². The monoisotopic (exact) mass is 294 g/mol. The van der Waals surface area contributed by atoms with Crippen molar-refractivity contribution in [2.24, 2.45) is 7.05 Å². The van der Waals surface area contributed by atoms with Crippen LogP contribution in [0.25, 0.3) is 10.8 Å². The van der Waals surface area contributed by atoms with Gasteiger partial charge in [0.15, 0.2) is 0 Å². The van der Waals surface area contributed by atoms with Crippen molar-refractivity contribution in [2.75, 3.05) is 5.32 Å². The van der Waals surface area contributed by atoms with E-state index in [0.717, 1.165) is 0 Å². The largest absolute Gasteiger partial charge is 0.508 e. The first-order valence-electron chi connectivity index (χ1n) is 6.75. The van der Waals surface area contributed by atoms with Crippen molar-refractivity contribution in [1.29, 1.82) is 0 Å². The van der Waals surface area contributed by atoms with Crippen molar-refractivity contribution >= 4 is 22.4 Å². The Hall–Kier alpha value is -3.08. The van der Waals surface area contributed by atoms with Crippen molar-refractivity contribution in [3.63, 3.8) is 0 Å². The minimum Gasteiger partial charge on any atom is -0.508 e. The molecule has 5 nitrogen and oxygen atoms in total. The van der Waals surface area contributed by atoms with E-state index >= 15 is 0 Å². The summed E-state index contributed by atoms with van der Waals surface area (Å²) < 4.78 is 1.39. The second-order valence-corrected chi connectivity index (χ2v) is 5.01. The molecule has 3 aromatic rings. The molecule has 3 rings (SSSR count). The van der Waals surface area contributed by atoms with Crippen molar-refractivity contribution in [1.82, 2.24) is 4.57 Å². The minimum absolute atomic E-state index is 0.0723. The maximum Gasteiger partial charge on any atom is 0.258 e. The average Bonchev–Trinajstić information content (AvgIpc) is 2.51. The summed E-state index contributed by atoms with van der Waals surface area (Å²) in [5, 5.41) is 13.3. The fourth-order valence-electron chi connectivity index (χ4n) is 2.38.